The molecule has 0 aromatic rings. The topological polar surface area (TPSA) is 32.3 Å². The maximum atomic E-state index is 11.2. The van der Waals surface area contributed by atoms with Crippen LogP contribution in [0.1, 0.15) is 6.42 Å². The standard InChI is InChI=1S/C7H12N2OS/c10-7-6-3-5(11)4-9(6)2-1-8-7/h5-6,11H,1-4H2,(H,8,10). The second-order valence-corrected chi connectivity index (χ2v) is 3.92. The maximum Gasteiger partial charge on any atom is 0.237 e. The number of hydrogen-bond donors (Lipinski definition) is 2. The van der Waals surface area contributed by atoms with Gasteiger partial charge in [0.05, 0.1) is 6.04 Å². The Kier molecular flexibility index (Phi) is 1.81. The second-order valence-electron chi connectivity index (χ2n) is 3.19. The van der Waals surface area contributed by atoms with Crippen LogP contribution in [0.2, 0.25) is 0 Å². The minimum absolute atomic E-state index is 0.117. The van der Waals surface area contributed by atoms with E-state index in [1.54, 1.807) is 0 Å². The Bertz CT molecular complexity index is 185. The molecule has 2 fully saturated rings. The molecule has 62 valence electrons. The van der Waals surface area contributed by atoms with E-state index in [0.29, 0.717) is 5.25 Å². The molecule has 1 N–H and O–H groups in total. The van der Waals surface area contributed by atoms with Gasteiger partial charge in [0.2, 0.25) is 5.91 Å². The van der Waals surface area contributed by atoms with Gasteiger partial charge < -0.3 is 5.32 Å². The number of piperazine rings is 1. The van der Waals surface area contributed by atoms with Gasteiger partial charge in [-0.3, -0.25) is 9.69 Å². The van der Waals surface area contributed by atoms with Crippen molar-refractivity contribution >= 4 is 18.5 Å². The Morgan fingerprint density at radius 2 is 2.45 bits per heavy atom. The van der Waals surface area contributed by atoms with Crippen LogP contribution in [0.4, 0.5) is 0 Å². The van der Waals surface area contributed by atoms with Gasteiger partial charge in [-0.1, -0.05) is 0 Å². The van der Waals surface area contributed by atoms with Gasteiger partial charge in [-0.2, -0.15) is 12.6 Å². The quantitative estimate of drug-likeness (QED) is 0.482. The fourth-order valence-electron chi connectivity index (χ4n) is 1.84. The van der Waals surface area contributed by atoms with E-state index in [9.17, 15) is 4.79 Å². The van der Waals surface area contributed by atoms with E-state index < -0.39 is 0 Å². The number of hydrogen-bond acceptors (Lipinski definition) is 3. The summed E-state index contributed by atoms with van der Waals surface area (Å²) in [4.78, 5) is 13.5. The van der Waals surface area contributed by atoms with Crippen LogP contribution in [0.3, 0.4) is 0 Å². The van der Waals surface area contributed by atoms with Gasteiger partial charge in [-0.05, 0) is 6.42 Å². The third-order valence-electron chi connectivity index (χ3n) is 2.38. The number of carbonyl (C=O) groups excluding carboxylic acids is 1. The number of carbonyl (C=O) groups is 1. The van der Waals surface area contributed by atoms with E-state index in [2.05, 4.69) is 22.8 Å². The van der Waals surface area contributed by atoms with Crippen molar-refractivity contribution in [2.24, 2.45) is 0 Å². The molecule has 0 aromatic carbocycles. The van der Waals surface area contributed by atoms with Crippen LogP contribution in [-0.2, 0) is 4.79 Å². The minimum atomic E-state index is 0.117. The van der Waals surface area contributed by atoms with Gasteiger partial charge in [-0.15, -0.1) is 0 Å². The van der Waals surface area contributed by atoms with Gasteiger partial charge in [0.1, 0.15) is 0 Å². The number of nitrogens with one attached hydrogen (secondary N) is 1. The molecule has 0 spiro atoms. The fraction of sp³-hybridized carbons (Fsp3) is 0.857. The number of fused-ring (bicyclic) bond motifs is 1. The zero-order valence-corrected chi connectivity index (χ0v) is 7.18. The summed E-state index contributed by atoms with van der Waals surface area (Å²) >= 11 is 4.37. The van der Waals surface area contributed by atoms with E-state index in [1.165, 1.54) is 0 Å². The number of nitrogens with zero attached hydrogens (tertiary/aromatic N) is 1. The molecule has 2 atom stereocenters. The average Bonchev–Trinajstić information content (AvgIpc) is 2.31. The van der Waals surface area contributed by atoms with Crippen LogP contribution in [0.25, 0.3) is 0 Å². The first kappa shape index (κ1) is 7.43. The SMILES string of the molecule is O=C1NCCN2CC(S)CC12. The first-order valence-electron chi connectivity index (χ1n) is 3.97. The first-order valence-corrected chi connectivity index (χ1v) is 4.49. The van der Waals surface area contributed by atoms with E-state index >= 15 is 0 Å². The zero-order chi connectivity index (χ0) is 7.84. The third-order valence-corrected chi connectivity index (χ3v) is 2.76. The molecule has 2 saturated heterocycles. The average molecular weight is 172 g/mol. The summed E-state index contributed by atoms with van der Waals surface area (Å²) in [5, 5.41) is 3.25. The van der Waals surface area contributed by atoms with Gasteiger partial charge in [0.25, 0.3) is 0 Å². The zero-order valence-electron chi connectivity index (χ0n) is 6.29. The highest BCUT2D eigenvalue weighted by molar-refractivity contribution is 7.81. The lowest BCUT2D eigenvalue weighted by atomic mass is 10.2. The Labute approximate surface area is 71.5 Å². The Hall–Kier alpha value is -0.220. The second kappa shape index (κ2) is 2.68. The highest BCUT2D eigenvalue weighted by Gasteiger charge is 2.37. The monoisotopic (exact) mass is 172 g/mol. The lowest BCUT2D eigenvalue weighted by Crippen LogP contribution is -2.51. The summed E-state index contributed by atoms with van der Waals surface area (Å²) in [7, 11) is 0. The van der Waals surface area contributed by atoms with Crippen molar-refractivity contribution in [2.45, 2.75) is 17.7 Å². The highest BCUT2D eigenvalue weighted by atomic mass is 32.1. The van der Waals surface area contributed by atoms with Crippen molar-refractivity contribution < 1.29 is 4.79 Å². The van der Waals surface area contributed by atoms with E-state index in [4.69, 9.17) is 0 Å². The van der Waals surface area contributed by atoms with Gasteiger partial charge >= 0.3 is 0 Å². The van der Waals surface area contributed by atoms with E-state index in [-0.39, 0.29) is 11.9 Å². The summed E-state index contributed by atoms with van der Waals surface area (Å²) in [6, 6.07) is 0.117. The van der Waals surface area contributed by atoms with Crippen LogP contribution < -0.4 is 5.32 Å². The molecule has 0 aromatic heterocycles. The molecule has 0 radical (unpaired) electrons. The Morgan fingerprint density at radius 3 is 3.18 bits per heavy atom. The Morgan fingerprint density at radius 1 is 1.64 bits per heavy atom. The van der Waals surface area contributed by atoms with Crippen LogP contribution in [0, 0.1) is 0 Å². The fourth-order valence-corrected chi connectivity index (χ4v) is 2.25. The molecular formula is C7H12N2OS. The normalized spacial score (nSPS) is 38.5. The number of rotatable bonds is 0. The molecule has 2 unspecified atom stereocenters. The van der Waals surface area contributed by atoms with Crippen LogP contribution in [-0.4, -0.2) is 41.7 Å². The molecule has 2 aliphatic rings. The van der Waals surface area contributed by atoms with Gasteiger partial charge in [0.15, 0.2) is 0 Å². The van der Waals surface area contributed by atoms with Gasteiger partial charge in [-0.25, -0.2) is 0 Å². The van der Waals surface area contributed by atoms with Crippen LogP contribution >= 0.6 is 12.6 Å². The molecular weight excluding hydrogens is 160 g/mol. The molecule has 0 bridgehead atoms. The third kappa shape index (κ3) is 1.25. The molecule has 2 heterocycles. The van der Waals surface area contributed by atoms with Crippen LogP contribution in [0.15, 0.2) is 0 Å². The molecule has 0 aliphatic carbocycles. The summed E-state index contributed by atoms with van der Waals surface area (Å²) in [5.41, 5.74) is 0. The summed E-state index contributed by atoms with van der Waals surface area (Å²) in [6.45, 7) is 2.77. The summed E-state index contributed by atoms with van der Waals surface area (Å²) < 4.78 is 0. The lowest BCUT2D eigenvalue weighted by Gasteiger charge is -2.28. The van der Waals surface area contributed by atoms with Crippen molar-refractivity contribution in [1.29, 1.82) is 0 Å². The van der Waals surface area contributed by atoms with E-state index in [0.717, 1.165) is 26.1 Å². The molecule has 2 aliphatic heterocycles. The maximum absolute atomic E-state index is 11.2. The van der Waals surface area contributed by atoms with Crippen molar-refractivity contribution in [3.8, 4) is 0 Å². The molecule has 2 rings (SSSR count). The van der Waals surface area contributed by atoms with Crippen molar-refractivity contribution in [2.75, 3.05) is 19.6 Å². The van der Waals surface area contributed by atoms with E-state index in [1.807, 2.05) is 0 Å². The number of amides is 1. The predicted molar refractivity (Wildman–Crippen MR) is 45.8 cm³/mol. The molecule has 0 saturated carbocycles. The summed E-state index contributed by atoms with van der Waals surface area (Å²) in [5.74, 6) is 0.188. The molecule has 11 heavy (non-hydrogen) atoms. The first-order chi connectivity index (χ1) is 5.27. The smallest absolute Gasteiger partial charge is 0.237 e. The molecule has 3 nitrogen and oxygen atoms in total. The van der Waals surface area contributed by atoms with Crippen molar-refractivity contribution in [1.82, 2.24) is 10.2 Å². The van der Waals surface area contributed by atoms with Crippen LogP contribution in [0.5, 0.6) is 0 Å². The van der Waals surface area contributed by atoms with Crippen molar-refractivity contribution in [3.63, 3.8) is 0 Å². The lowest BCUT2D eigenvalue weighted by molar-refractivity contribution is -0.127. The van der Waals surface area contributed by atoms with Crippen molar-refractivity contribution in [3.05, 3.63) is 0 Å². The highest BCUT2D eigenvalue weighted by Crippen LogP contribution is 2.22. The number of thiol groups is 1. The summed E-state index contributed by atoms with van der Waals surface area (Å²) in [6.07, 6.45) is 0.912. The predicted octanol–water partition coefficient (Wildman–Crippen LogP) is -0.511. The molecule has 4 heteroatoms. The van der Waals surface area contributed by atoms with Gasteiger partial charge in [0, 0.05) is 24.9 Å². The Balaban J connectivity index is 2.09. The molecule has 1 amide bonds. The largest absolute Gasteiger partial charge is 0.353 e. The minimum Gasteiger partial charge on any atom is -0.353 e.